The van der Waals surface area contributed by atoms with Crippen LogP contribution in [0.15, 0.2) is 23.2 Å². The Hall–Kier alpha value is -1.95. The van der Waals surface area contributed by atoms with Crippen molar-refractivity contribution in [2.24, 2.45) is 16.6 Å². The number of methoxy groups -OCH3 is 2. The van der Waals surface area contributed by atoms with Crippen LogP contribution >= 0.6 is 0 Å². The summed E-state index contributed by atoms with van der Waals surface area (Å²) in [5, 5.41) is 3.09. The van der Waals surface area contributed by atoms with E-state index in [0.717, 1.165) is 17.4 Å². The van der Waals surface area contributed by atoms with Gasteiger partial charge in [0.1, 0.15) is 11.5 Å². The topological polar surface area (TPSA) is 72.1 Å². The molecule has 0 aromatic heterocycles. The molecule has 2 rings (SSSR count). The second-order valence-electron chi connectivity index (χ2n) is 5.79. The minimum Gasteiger partial charge on any atom is -0.497 e. The highest BCUT2D eigenvalue weighted by atomic mass is 16.5. The molecule has 1 aromatic carbocycles. The predicted molar refractivity (Wildman–Crippen MR) is 89.9 cm³/mol. The van der Waals surface area contributed by atoms with Gasteiger partial charge >= 0.3 is 0 Å². The summed E-state index contributed by atoms with van der Waals surface area (Å²) < 4.78 is 10.5. The van der Waals surface area contributed by atoms with Crippen molar-refractivity contribution < 1.29 is 9.47 Å². The number of anilines is 1. The maximum Gasteiger partial charge on any atom is 0.193 e. The van der Waals surface area contributed by atoms with Crippen LogP contribution < -0.4 is 20.5 Å². The summed E-state index contributed by atoms with van der Waals surface area (Å²) in [4.78, 5) is 6.70. The van der Waals surface area contributed by atoms with E-state index in [1.807, 2.05) is 18.2 Å². The van der Waals surface area contributed by atoms with Crippen LogP contribution in [-0.4, -0.2) is 51.8 Å². The Labute approximate surface area is 132 Å². The van der Waals surface area contributed by atoms with Crippen molar-refractivity contribution in [3.63, 3.8) is 0 Å². The zero-order chi connectivity index (χ0) is 16.1. The molecule has 0 heterocycles. The van der Waals surface area contributed by atoms with Crippen molar-refractivity contribution in [2.45, 2.75) is 18.9 Å². The maximum absolute atomic E-state index is 6.01. The number of guanidine groups is 1. The average Bonchev–Trinajstić information content (AvgIpc) is 3.31. The molecule has 0 spiro atoms. The summed E-state index contributed by atoms with van der Waals surface area (Å²) in [6.45, 7) is 0.697. The lowest BCUT2D eigenvalue weighted by Crippen LogP contribution is -2.34. The van der Waals surface area contributed by atoms with Crippen LogP contribution in [0.4, 0.5) is 5.69 Å². The first-order valence-electron chi connectivity index (χ1n) is 7.50. The number of nitrogens with two attached hydrogens (primary N) is 1. The van der Waals surface area contributed by atoms with Crippen LogP contribution in [0.25, 0.3) is 0 Å². The summed E-state index contributed by atoms with van der Waals surface area (Å²) in [7, 11) is 7.43. The van der Waals surface area contributed by atoms with Gasteiger partial charge in [0.25, 0.3) is 0 Å². The molecule has 1 atom stereocenters. The van der Waals surface area contributed by atoms with Crippen molar-refractivity contribution in [3.05, 3.63) is 18.2 Å². The van der Waals surface area contributed by atoms with Gasteiger partial charge in [0.15, 0.2) is 5.96 Å². The van der Waals surface area contributed by atoms with Gasteiger partial charge in [-0.3, -0.25) is 4.99 Å². The van der Waals surface area contributed by atoms with E-state index in [0.29, 0.717) is 24.3 Å². The number of nitrogens with one attached hydrogen (secondary N) is 1. The fourth-order valence-electron chi connectivity index (χ4n) is 2.50. The van der Waals surface area contributed by atoms with E-state index < -0.39 is 0 Å². The molecule has 22 heavy (non-hydrogen) atoms. The summed E-state index contributed by atoms with van der Waals surface area (Å²) in [6, 6.07) is 5.96. The number of ether oxygens (including phenoxy) is 2. The Morgan fingerprint density at radius 3 is 2.64 bits per heavy atom. The maximum atomic E-state index is 6.01. The normalized spacial score (nSPS) is 16.5. The second kappa shape index (κ2) is 7.35. The molecule has 1 aliphatic rings. The Bertz CT molecular complexity index is 525. The Morgan fingerprint density at radius 1 is 1.36 bits per heavy atom. The number of benzene rings is 1. The number of likely N-dealkylation sites (N-methyl/N-ethyl adjacent to an activating group) is 1. The molecular formula is C16H26N4O2. The van der Waals surface area contributed by atoms with Gasteiger partial charge in [0.05, 0.1) is 26.5 Å². The second-order valence-corrected chi connectivity index (χ2v) is 5.79. The molecule has 6 nitrogen and oxygen atoms in total. The largest absolute Gasteiger partial charge is 0.497 e. The lowest BCUT2D eigenvalue weighted by atomic mass is 10.2. The third-order valence-corrected chi connectivity index (χ3v) is 3.95. The van der Waals surface area contributed by atoms with Gasteiger partial charge in [0.2, 0.25) is 0 Å². The van der Waals surface area contributed by atoms with E-state index in [2.05, 4.69) is 29.3 Å². The van der Waals surface area contributed by atoms with Crippen LogP contribution in [0.2, 0.25) is 0 Å². The molecule has 0 radical (unpaired) electrons. The van der Waals surface area contributed by atoms with Gasteiger partial charge in [0, 0.05) is 12.1 Å². The molecule has 1 saturated carbocycles. The van der Waals surface area contributed by atoms with Gasteiger partial charge in [-0.15, -0.1) is 0 Å². The van der Waals surface area contributed by atoms with Crippen LogP contribution in [0.1, 0.15) is 12.8 Å². The van der Waals surface area contributed by atoms with E-state index in [1.165, 1.54) is 12.8 Å². The summed E-state index contributed by atoms with van der Waals surface area (Å²) in [5.41, 5.74) is 6.76. The lowest BCUT2D eigenvalue weighted by molar-refractivity contribution is 0.271. The van der Waals surface area contributed by atoms with E-state index in [9.17, 15) is 0 Å². The SMILES string of the molecule is COc1ccc(OC)c(NC(N)=NCC(C2CC2)N(C)C)c1. The fourth-order valence-corrected chi connectivity index (χ4v) is 2.50. The standard InChI is InChI=1S/C16H26N4O2/c1-20(2)14(11-5-6-11)10-18-16(17)19-13-9-12(21-3)7-8-15(13)22-4/h7-9,11,14H,5-6,10H2,1-4H3,(H3,17,18,19). The van der Waals surface area contributed by atoms with Gasteiger partial charge in [-0.05, 0) is 45.0 Å². The summed E-state index contributed by atoms with van der Waals surface area (Å²) >= 11 is 0. The zero-order valence-electron chi connectivity index (χ0n) is 13.8. The molecule has 0 amide bonds. The fraction of sp³-hybridized carbons (Fsp3) is 0.562. The highest BCUT2D eigenvalue weighted by Crippen LogP contribution is 2.34. The summed E-state index contributed by atoms with van der Waals surface area (Å²) in [6.07, 6.45) is 2.57. The molecule has 1 unspecified atom stereocenters. The molecule has 3 N–H and O–H groups in total. The third kappa shape index (κ3) is 4.27. The van der Waals surface area contributed by atoms with Crippen LogP contribution in [0.3, 0.4) is 0 Å². The van der Waals surface area contributed by atoms with Gasteiger partial charge in [-0.1, -0.05) is 0 Å². The smallest absolute Gasteiger partial charge is 0.193 e. The van der Waals surface area contributed by atoms with Crippen LogP contribution in [0, 0.1) is 5.92 Å². The number of hydrogen-bond acceptors (Lipinski definition) is 4. The van der Waals surface area contributed by atoms with E-state index in [-0.39, 0.29) is 0 Å². The third-order valence-electron chi connectivity index (χ3n) is 3.95. The number of nitrogens with zero attached hydrogens (tertiary/aromatic N) is 2. The summed E-state index contributed by atoms with van der Waals surface area (Å²) in [5.74, 6) is 2.57. The van der Waals surface area contributed by atoms with Gasteiger partial charge in [-0.2, -0.15) is 0 Å². The Morgan fingerprint density at radius 2 is 2.09 bits per heavy atom. The number of rotatable bonds is 7. The van der Waals surface area contributed by atoms with E-state index in [1.54, 1.807) is 14.2 Å². The Kier molecular flexibility index (Phi) is 5.49. The van der Waals surface area contributed by atoms with Crippen molar-refractivity contribution in [1.29, 1.82) is 0 Å². The van der Waals surface area contributed by atoms with Crippen molar-refractivity contribution in [1.82, 2.24) is 4.90 Å². The first kappa shape index (κ1) is 16.4. The van der Waals surface area contributed by atoms with Crippen LogP contribution in [-0.2, 0) is 0 Å². The molecule has 122 valence electrons. The van der Waals surface area contributed by atoms with Crippen LogP contribution in [0.5, 0.6) is 11.5 Å². The van der Waals surface area contributed by atoms with E-state index >= 15 is 0 Å². The minimum atomic E-state index is 0.388. The lowest BCUT2D eigenvalue weighted by Gasteiger charge is -2.22. The monoisotopic (exact) mass is 306 g/mol. The number of aliphatic imine (C=N–C) groups is 1. The zero-order valence-corrected chi connectivity index (χ0v) is 13.8. The molecule has 0 saturated heterocycles. The molecule has 0 bridgehead atoms. The van der Waals surface area contributed by atoms with Crippen molar-refractivity contribution in [2.75, 3.05) is 40.2 Å². The molecule has 0 aliphatic heterocycles. The highest BCUT2D eigenvalue weighted by Gasteiger charge is 2.32. The quantitative estimate of drug-likeness (QED) is 0.593. The molecule has 1 aliphatic carbocycles. The van der Waals surface area contributed by atoms with Crippen molar-refractivity contribution >= 4 is 11.6 Å². The highest BCUT2D eigenvalue weighted by molar-refractivity contribution is 5.94. The molecule has 1 fully saturated rings. The predicted octanol–water partition coefficient (Wildman–Crippen LogP) is 1.77. The first-order chi connectivity index (χ1) is 10.5. The Balaban J connectivity index is 2.03. The minimum absolute atomic E-state index is 0.388. The van der Waals surface area contributed by atoms with E-state index in [4.69, 9.17) is 15.2 Å². The first-order valence-corrected chi connectivity index (χ1v) is 7.50. The average molecular weight is 306 g/mol. The number of hydrogen-bond donors (Lipinski definition) is 2. The molecular weight excluding hydrogens is 280 g/mol. The molecule has 1 aromatic rings. The van der Waals surface area contributed by atoms with Gasteiger partial charge < -0.3 is 25.4 Å². The van der Waals surface area contributed by atoms with Crippen molar-refractivity contribution in [3.8, 4) is 11.5 Å². The molecule has 6 heteroatoms. The van der Waals surface area contributed by atoms with Gasteiger partial charge in [-0.25, -0.2) is 0 Å².